The SMILES string of the molecule is Cc1ccc(C#N)c(=O)n1Cc1ncc(Cl)n1C. The number of rotatable bonds is 2. The van der Waals surface area contributed by atoms with E-state index in [4.69, 9.17) is 16.9 Å². The highest BCUT2D eigenvalue weighted by molar-refractivity contribution is 6.29. The lowest BCUT2D eigenvalue weighted by molar-refractivity contribution is 0.660. The first kappa shape index (κ1) is 12.4. The Hall–Kier alpha value is -2.06. The molecule has 0 unspecified atom stereocenters. The van der Waals surface area contributed by atoms with Gasteiger partial charge in [-0.15, -0.1) is 0 Å². The first-order valence-corrected chi connectivity index (χ1v) is 5.69. The summed E-state index contributed by atoms with van der Waals surface area (Å²) in [5.74, 6) is 0.667. The minimum absolute atomic E-state index is 0.126. The summed E-state index contributed by atoms with van der Waals surface area (Å²) < 4.78 is 3.21. The molecule has 6 heteroatoms. The molecule has 0 N–H and O–H groups in total. The van der Waals surface area contributed by atoms with E-state index in [1.165, 1.54) is 16.8 Å². The van der Waals surface area contributed by atoms with Gasteiger partial charge in [0.2, 0.25) is 0 Å². The van der Waals surface area contributed by atoms with Gasteiger partial charge in [0.1, 0.15) is 22.6 Å². The Balaban J connectivity index is 2.50. The second-order valence-electron chi connectivity index (χ2n) is 3.95. The Morgan fingerprint density at radius 2 is 2.22 bits per heavy atom. The van der Waals surface area contributed by atoms with Gasteiger partial charge < -0.3 is 9.13 Å². The van der Waals surface area contributed by atoms with Crippen molar-refractivity contribution >= 4 is 11.6 Å². The molecular weight excluding hydrogens is 252 g/mol. The molecule has 0 bridgehead atoms. The Bertz CT molecular complexity index is 693. The van der Waals surface area contributed by atoms with E-state index >= 15 is 0 Å². The summed E-state index contributed by atoms with van der Waals surface area (Å²) in [4.78, 5) is 16.2. The number of hydrogen-bond acceptors (Lipinski definition) is 3. The van der Waals surface area contributed by atoms with E-state index in [0.717, 1.165) is 5.69 Å². The van der Waals surface area contributed by atoms with Crippen molar-refractivity contribution in [3.8, 4) is 6.07 Å². The number of pyridine rings is 1. The van der Waals surface area contributed by atoms with E-state index in [9.17, 15) is 4.79 Å². The van der Waals surface area contributed by atoms with Crippen molar-refractivity contribution in [1.29, 1.82) is 5.26 Å². The quantitative estimate of drug-likeness (QED) is 0.823. The van der Waals surface area contributed by atoms with Gasteiger partial charge in [0.15, 0.2) is 0 Å². The van der Waals surface area contributed by atoms with E-state index in [0.29, 0.717) is 17.5 Å². The minimum Gasteiger partial charge on any atom is -0.321 e. The van der Waals surface area contributed by atoms with Gasteiger partial charge in [-0.3, -0.25) is 4.79 Å². The molecule has 5 nitrogen and oxygen atoms in total. The molecule has 0 spiro atoms. The number of nitriles is 1. The highest BCUT2D eigenvalue weighted by atomic mass is 35.5. The van der Waals surface area contributed by atoms with Crippen LogP contribution < -0.4 is 5.56 Å². The summed E-state index contributed by atoms with van der Waals surface area (Å²) in [6, 6.07) is 5.15. The Kier molecular flexibility index (Phi) is 3.21. The summed E-state index contributed by atoms with van der Waals surface area (Å²) in [7, 11) is 1.78. The average Bonchev–Trinajstić information content (AvgIpc) is 2.66. The summed E-state index contributed by atoms with van der Waals surface area (Å²) in [5, 5.41) is 9.36. The standard InChI is InChI=1S/C12H11ClN4O/c1-8-3-4-9(5-14)12(18)17(8)7-11-15-6-10(13)16(11)2/h3-4,6H,7H2,1-2H3. The van der Waals surface area contributed by atoms with Crippen molar-refractivity contribution in [2.75, 3.05) is 0 Å². The smallest absolute Gasteiger partial charge is 0.269 e. The number of nitrogens with zero attached hydrogens (tertiary/aromatic N) is 4. The summed E-state index contributed by atoms with van der Waals surface area (Å²) in [6.45, 7) is 2.11. The van der Waals surface area contributed by atoms with E-state index in [1.807, 2.05) is 13.0 Å². The minimum atomic E-state index is -0.309. The summed E-state index contributed by atoms with van der Waals surface area (Å²) in [6.07, 6.45) is 1.53. The third-order valence-corrected chi connectivity index (χ3v) is 3.19. The molecule has 2 aromatic heterocycles. The van der Waals surface area contributed by atoms with Crippen LogP contribution in [0.4, 0.5) is 0 Å². The third-order valence-electron chi connectivity index (χ3n) is 2.84. The maximum atomic E-state index is 12.0. The number of hydrogen-bond donors (Lipinski definition) is 0. The van der Waals surface area contributed by atoms with Crippen molar-refractivity contribution in [1.82, 2.24) is 14.1 Å². The first-order valence-electron chi connectivity index (χ1n) is 5.31. The lowest BCUT2D eigenvalue weighted by atomic mass is 10.2. The maximum Gasteiger partial charge on any atom is 0.269 e. The second kappa shape index (κ2) is 4.67. The molecule has 0 saturated heterocycles. The summed E-state index contributed by atoms with van der Waals surface area (Å²) >= 11 is 5.89. The van der Waals surface area contributed by atoms with E-state index < -0.39 is 0 Å². The number of halogens is 1. The van der Waals surface area contributed by atoms with Crippen LogP contribution in [0.15, 0.2) is 23.1 Å². The fourth-order valence-electron chi connectivity index (χ4n) is 1.66. The molecule has 0 saturated carbocycles. The van der Waals surface area contributed by atoms with Gasteiger partial charge in [-0.2, -0.15) is 5.26 Å². The molecule has 2 heterocycles. The van der Waals surface area contributed by atoms with E-state index in [2.05, 4.69) is 4.98 Å². The van der Waals surface area contributed by atoms with Crippen molar-refractivity contribution in [3.63, 3.8) is 0 Å². The molecule has 2 aromatic rings. The highest BCUT2D eigenvalue weighted by Gasteiger charge is 2.10. The topological polar surface area (TPSA) is 63.6 Å². The van der Waals surface area contributed by atoms with Crippen LogP contribution in [0, 0.1) is 18.3 Å². The second-order valence-corrected chi connectivity index (χ2v) is 4.33. The highest BCUT2D eigenvalue weighted by Crippen LogP contribution is 2.10. The molecule has 0 aromatic carbocycles. The molecule has 0 amide bonds. The van der Waals surface area contributed by atoms with Crippen LogP contribution in [0.1, 0.15) is 17.1 Å². The maximum absolute atomic E-state index is 12.0. The number of aromatic nitrogens is 3. The van der Waals surface area contributed by atoms with Crippen molar-refractivity contribution in [3.05, 3.63) is 50.9 Å². The van der Waals surface area contributed by atoms with Crippen LogP contribution in [0.25, 0.3) is 0 Å². The van der Waals surface area contributed by atoms with Crippen LogP contribution in [-0.4, -0.2) is 14.1 Å². The fourth-order valence-corrected chi connectivity index (χ4v) is 1.81. The molecule has 92 valence electrons. The molecule has 0 radical (unpaired) electrons. The van der Waals surface area contributed by atoms with Crippen LogP contribution in [0.2, 0.25) is 5.15 Å². The van der Waals surface area contributed by atoms with Gasteiger partial charge in [0.25, 0.3) is 5.56 Å². The van der Waals surface area contributed by atoms with Gasteiger partial charge in [-0.05, 0) is 19.1 Å². The molecule has 0 aliphatic carbocycles. The van der Waals surface area contributed by atoms with Gasteiger partial charge in [-0.1, -0.05) is 11.6 Å². The van der Waals surface area contributed by atoms with Gasteiger partial charge in [0, 0.05) is 12.7 Å². The zero-order valence-corrected chi connectivity index (χ0v) is 10.8. The van der Waals surface area contributed by atoms with E-state index in [-0.39, 0.29) is 11.1 Å². The van der Waals surface area contributed by atoms with Crippen LogP contribution in [0.5, 0.6) is 0 Å². The molecule has 0 fully saturated rings. The molecule has 2 rings (SSSR count). The predicted molar refractivity (Wildman–Crippen MR) is 67.5 cm³/mol. The van der Waals surface area contributed by atoms with Crippen LogP contribution >= 0.6 is 11.6 Å². The fraction of sp³-hybridized carbons (Fsp3) is 0.250. The average molecular weight is 263 g/mol. The Morgan fingerprint density at radius 1 is 1.50 bits per heavy atom. The Labute approximate surface area is 109 Å². The van der Waals surface area contributed by atoms with Gasteiger partial charge in [0.05, 0.1) is 12.7 Å². The molecule has 0 atom stereocenters. The van der Waals surface area contributed by atoms with Gasteiger partial charge >= 0.3 is 0 Å². The monoisotopic (exact) mass is 262 g/mol. The molecule has 0 aliphatic rings. The van der Waals surface area contributed by atoms with Crippen LogP contribution in [0.3, 0.4) is 0 Å². The molecule has 0 aliphatic heterocycles. The van der Waals surface area contributed by atoms with Crippen molar-refractivity contribution in [2.45, 2.75) is 13.5 Å². The third kappa shape index (κ3) is 2.03. The number of imidazole rings is 1. The van der Waals surface area contributed by atoms with Crippen LogP contribution in [-0.2, 0) is 13.6 Å². The van der Waals surface area contributed by atoms with E-state index in [1.54, 1.807) is 17.7 Å². The lowest BCUT2D eigenvalue weighted by Crippen LogP contribution is -2.26. The zero-order valence-electron chi connectivity index (χ0n) is 10.0. The predicted octanol–water partition coefficient (Wildman–Crippen LogP) is 1.46. The molecule has 18 heavy (non-hydrogen) atoms. The van der Waals surface area contributed by atoms with Crippen molar-refractivity contribution in [2.24, 2.45) is 7.05 Å². The number of aryl methyl sites for hydroxylation is 1. The zero-order chi connectivity index (χ0) is 13.3. The normalized spacial score (nSPS) is 10.3. The lowest BCUT2D eigenvalue weighted by Gasteiger charge is -2.10. The largest absolute Gasteiger partial charge is 0.321 e. The Morgan fingerprint density at radius 3 is 2.78 bits per heavy atom. The van der Waals surface area contributed by atoms with Gasteiger partial charge in [-0.25, -0.2) is 4.98 Å². The first-order chi connectivity index (χ1) is 8.54. The summed E-state index contributed by atoms with van der Waals surface area (Å²) in [5.41, 5.74) is 0.593. The van der Waals surface area contributed by atoms with Crippen molar-refractivity contribution < 1.29 is 0 Å². The molecular formula is C12H11ClN4O.